The number of amides is 1. The third kappa shape index (κ3) is 38.3. The van der Waals surface area contributed by atoms with Gasteiger partial charge in [0.2, 0.25) is 24.2 Å². The molecule has 19 nitrogen and oxygen atoms in total. The van der Waals surface area contributed by atoms with Gasteiger partial charge in [-0.2, -0.15) is 0 Å². The average molecular weight is 1790 g/mol. The Morgan fingerprint density at radius 1 is 0.625 bits per heavy atom. The van der Waals surface area contributed by atoms with E-state index in [4.69, 9.17) is 36.7 Å². The van der Waals surface area contributed by atoms with E-state index in [2.05, 4.69) is 136 Å². The molecular weight excluding hydrogens is 1690 g/mol. The number of terminal acetylenes is 1. The summed E-state index contributed by atoms with van der Waals surface area (Å²) in [5.41, 5.74) is 10.7. The summed E-state index contributed by atoms with van der Waals surface area (Å²) in [6.07, 6.45) is 40.6. The highest BCUT2D eigenvalue weighted by atomic mass is 79.9. The maximum absolute atomic E-state index is 13.2. The van der Waals surface area contributed by atoms with Gasteiger partial charge >= 0.3 is 0 Å². The zero-order valence-electron chi connectivity index (χ0n) is 62.8. The molecule has 112 heavy (non-hydrogen) atoms. The maximum atomic E-state index is 13.2. The molecular formula is C83H100Br2Cl4F2N8O11S2. The maximum Gasteiger partial charge on any atom is 0.298 e. The molecule has 5 aromatic carbocycles. The lowest BCUT2D eigenvalue weighted by molar-refractivity contribution is -0.124. The zero-order chi connectivity index (χ0) is 82.3. The average Bonchev–Trinajstić information content (AvgIpc) is 1.27. The first-order chi connectivity index (χ1) is 53.2. The third-order valence-electron chi connectivity index (χ3n) is 17.7. The minimum absolute atomic E-state index is 0. The summed E-state index contributed by atoms with van der Waals surface area (Å²) in [4.78, 5) is 67.6. The molecule has 3 fully saturated rings. The van der Waals surface area contributed by atoms with E-state index in [9.17, 15) is 41.2 Å². The standard InChI is InChI=1S/C24H21FN2O.C16H17BrN2O.2C9H15NO.C9H14O.C8H5F.C7H6BrNO2.CH3ClO2S.Cl2OS.ClH.H3NO/c1-2-5-20-6-3-4-7-23-26-22-16-18(12-15-21(22)24(28)27(20)23)9-8-17-10-13-19(25)14-11-17;1-2-5-12-6-3-4-7-15-18-14-10-11(17)8-9-13(14)16(20)19(12)15;1-2-5-8-6-3-4-7-9(11)10-8;1-2-5-8-6-3-4-7-9(8)10-11;1-2-5-8-6-3-4-7-9(8)10;1-2-7-3-5-8(9)6-4-7;8-5-1-2-7(11-4-10)6(9)3-5;1-5(2,3)4;1-4(2)3;;1-2/h2,10-16,20H,1,3-7H2;2,8-10,12H,1,3-7H2;2,8H,1,3-7H2,(H,10,11);2,8,11H,1,3-7H2;2,8H,1,3-7H2;1,3-6H;1-4H,9H2;1H3;;1H;2H,1H2/b;;;10-9+;;;;;;;. The number of carbonyl (C=O) groups is 3. The first kappa shape index (κ1) is 100. The minimum Gasteiger partial charge on any atom is -0.427 e. The predicted octanol–water partition coefficient (Wildman–Crippen LogP) is 19.7. The molecule has 0 radical (unpaired) electrons. The lowest BCUT2D eigenvalue weighted by Gasteiger charge is -2.21. The molecule has 5 heterocycles. The topological polar surface area (TPSA) is 298 Å². The second kappa shape index (κ2) is 56.3. The van der Waals surface area contributed by atoms with Gasteiger partial charge in [0.05, 0.1) is 39.5 Å². The van der Waals surface area contributed by atoms with E-state index in [-0.39, 0.29) is 53.2 Å². The molecule has 5 unspecified atom stereocenters. The molecule has 1 saturated heterocycles. The first-order valence-corrected chi connectivity index (χ1v) is 43.2. The number of benzene rings is 5. The number of ether oxygens (including phenoxy) is 1. The predicted molar refractivity (Wildman–Crippen MR) is 461 cm³/mol. The molecule has 1 amide bonds. The number of halogens is 8. The van der Waals surface area contributed by atoms with Crippen LogP contribution in [-0.4, -0.2) is 78.3 Å². The molecule has 29 heteroatoms. The number of hydrogen-bond acceptors (Lipinski definition) is 16. The van der Waals surface area contributed by atoms with Crippen LogP contribution in [0.3, 0.4) is 0 Å². The van der Waals surface area contributed by atoms with E-state index >= 15 is 0 Å². The molecule has 7 aromatic rings. The Labute approximate surface area is 695 Å². The van der Waals surface area contributed by atoms with Crippen LogP contribution in [0.15, 0.2) is 190 Å². The van der Waals surface area contributed by atoms with Crippen molar-refractivity contribution in [3.05, 3.63) is 236 Å². The molecule has 5 aliphatic rings. The van der Waals surface area contributed by atoms with Crippen molar-refractivity contribution < 1.29 is 50.9 Å². The number of nitrogen functional groups attached to an aromatic ring is 1. The highest BCUT2D eigenvalue weighted by Gasteiger charge is 2.25. The Hall–Kier alpha value is -7.92. The smallest absolute Gasteiger partial charge is 0.298 e. The Morgan fingerprint density at radius 2 is 1.04 bits per heavy atom. The van der Waals surface area contributed by atoms with Gasteiger partial charge < -0.3 is 26.2 Å². The lowest BCUT2D eigenvalue weighted by Crippen LogP contribution is -2.32. The van der Waals surface area contributed by atoms with Crippen molar-refractivity contribution in [2.45, 2.75) is 179 Å². The quantitative estimate of drug-likeness (QED) is 0.0144. The van der Waals surface area contributed by atoms with Gasteiger partial charge in [-0.05, 0) is 206 Å². The van der Waals surface area contributed by atoms with Crippen molar-refractivity contribution in [1.82, 2.24) is 24.4 Å². The van der Waals surface area contributed by atoms with Crippen LogP contribution in [0.1, 0.15) is 188 Å². The zero-order valence-corrected chi connectivity index (χ0v) is 70.7. The van der Waals surface area contributed by atoms with Crippen molar-refractivity contribution in [3.63, 3.8) is 0 Å². The number of nitrogens with one attached hydrogen (secondary N) is 1. The van der Waals surface area contributed by atoms with Crippen LogP contribution in [0.2, 0.25) is 0 Å². The van der Waals surface area contributed by atoms with Gasteiger partial charge in [-0.25, -0.2) is 37.3 Å². The fourth-order valence-electron chi connectivity index (χ4n) is 12.6. The Morgan fingerprint density at radius 3 is 1.54 bits per heavy atom. The second-order valence-electron chi connectivity index (χ2n) is 25.8. The molecule has 606 valence electrons. The summed E-state index contributed by atoms with van der Waals surface area (Å²) in [6, 6.07) is 28.8. The van der Waals surface area contributed by atoms with Gasteiger partial charge in [0.15, 0.2) is 5.75 Å². The molecule has 5 atom stereocenters. The molecule has 3 aliphatic heterocycles. The molecule has 12 rings (SSSR count). The van der Waals surface area contributed by atoms with E-state index in [1.807, 2.05) is 75.9 Å². The van der Waals surface area contributed by atoms with Crippen molar-refractivity contribution in [2.75, 3.05) is 12.0 Å². The summed E-state index contributed by atoms with van der Waals surface area (Å²) in [6.45, 7) is 19.0. The molecule has 2 aromatic heterocycles. The van der Waals surface area contributed by atoms with Crippen molar-refractivity contribution >= 4 is 146 Å². The normalized spacial score (nSPS) is 17.4. The molecule has 7 N–H and O–H groups in total. The largest absolute Gasteiger partial charge is 0.427 e. The molecule has 2 saturated carbocycles. The number of oxime groups is 1. The summed E-state index contributed by atoms with van der Waals surface area (Å²) >= 11 is 6.67. The van der Waals surface area contributed by atoms with Crippen molar-refractivity contribution in [1.29, 1.82) is 0 Å². The number of Topliss-reactive ketones (excluding diaryl/α,β-unsaturated/α-hetero) is 1. The van der Waals surface area contributed by atoms with Crippen molar-refractivity contribution in [2.24, 2.45) is 22.9 Å². The number of rotatable bonds is 12. The summed E-state index contributed by atoms with van der Waals surface area (Å²) in [7, 11) is 8.67. The molecule has 0 spiro atoms. The Bertz CT molecular complexity index is 4590. The fraction of sp³-hybridized carbons (Fsp3) is 0.373. The summed E-state index contributed by atoms with van der Waals surface area (Å²) in [5.74, 6) is 15.0. The van der Waals surface area contributed by atoms with Crippen LogP contribution in [0, 0.1) is 47.7 Å². The van der Waals surface area contributed by atoms with Crippen LogP contribution in [0.5, 0.6) is 5.75 Å². The Kier molecular flexibility index (Phi) is 50.4. The minimum atomic E-state index is -3.19. The molecule has 2 aliphatic carbocycles. The van der Waals surface area contributed by atoms with Crippen LogP contribution >= 0.6 is 76.3 Å². The second-order valence-corrected chi connectivity index (χ2v) is 33.2. The van der Waals surface area contributed by atoms with Gasteiger partial charge in [-0.3, -0.25) is 33.1 Å². The third-order valence-corrected chi connectivity index (χ3v) is 18.7. The number of fused-ring (bicyclic) bond motifs is 4. The van der Waals surface area contributed by atoms with E-state index in [1.165, 1.54) is 43.5 Å². The highest BCUT2D eigenvalue weighted by Crippen LogP contribution is 2.30. The van der Waals surface area contributed by atoms with Gasteiger partial charge in [0.1, 0.15) is 29.1 Å². The van der Waals surface area contributed by atoms with Crippen LogP contribution in [-0.2, 0) is 45.5 Å². The van der Waals surface area contributed by atoms with Gasteiger partial charge in [0, 0.05) is 113 Å². The van der Waals surface area contributed by atoms with E-state index in [0.717, 1.165) is 184 Å². The number of carbonyl (C=O) groups excluding carboxylic acids is 3. The van der Waals surface area contributed by atoms with E-state index in [0.29, 0.717) is 69.8 Å². The SMILES string of the molecule is C#Cc1ccc(F)cc1.C=CCC1CCCC/C1=N\O.C=CCC1CCCCC(=O)N1.C=CCC1CCCCC1=O.C=CCC1CCCCc2nc3cc(Br)ccc3c(=O)n21.C=CCC1CCCCc2nc3cc(C#Cc4ccc(F)cc4)ccc3c(=O)n21.CS(=O)(=O)Cl.Cl.NO.Nc1cc(Br)ccc1OC=O.O=S(Cl)Cl. The number of aryl methyl sites for hydroxylation is 2. The Balaban J connectivity index is 0.000000450. The summed E-state index contributed by atoms with van der Waals surface area (Å²) < 4.78 is 63.2. The van der Waals surface area contributed by atoms with Gasteiger partial charge in [0.25, 0.3) is 17.6 Å². The lowest BCUT2D eigenvalue weighted by atomic mass is 9.85. The number of nitrogens with two attached hydrogens (primary N) is 2. The molecule has 0 bridgehead atoms. The fourth-order valence-corrected chi connectivity index (χ4v) is 13.3. The van der Waals surface area contributed by atoms with E-state index < -0.39 is 18.3 Å². The monoisotopic (exact) mass is 1780 g/mol. The number of nitrogens with zero attached hydrogens (tertiary/aromatic N) is 5. The van der Waals surface area contributed by atoms with Gasteiger partial charge in [-0.15, -0.1) is 51.7 Å². The van der Waals surface area contributed by atoms with E-state index in [1.54, 1.807) is 42.5 Å². The first-order valence-electron chi connectivity index (χ1n) is 36.1. The van der Waals surface area contributed by atoms with Crippen LogP contribution in [0.4, 0.5) is 14.5 Å². The summed E-state index contributed by atoms with van der Waals surface area (Å²) in [5, 5.41) is 22.7. The number of ketones is 1. The van der Waals surface area contributed by atoms with Gasteiger partial charge in [-0.1, -0.05) is 117 Å². The number of allylic oxidation sites excluding steroid dienone is 4. The van der Waals surface area contributed by atoms with Crippen LogP contribution in [0.25, 0.3) is 21.8 Å². The van der Waals surface area contributed by atoms with Crippen molar-refractivity contribution in [3.8, 4) is 29.9 Å². The number of hydrogen-bond donors (Lipinski definition) is 5. The number of aromatic nitrogens is 4. The number of anilines is 1. The van der Waals surface area contributed by atoms with Crippen LogP contribution < -0.4 is 32.8 Å². The highest BCUT2D eigenvalue weighted by molar-refractivity contribution is 9.10.